The van der Waals surface area contributed by atoms with E-state index in [0.29, 0.717) is 11.0 Å². The maximum absolute atomic E-state index is 12.8. The minimum absolute atomic E-state index is 0.134. The molecule has 132 valence electrons. The molecule has 0 saturated carbocycles. The molecule has 0 radical (unpaired) electrons. The van der Waals surface area contributed by atoms with Gasteiger partial charge in [-0.05, 0) is 36.8 Å². The number of sulfonamides is 1. The van der Waals surface area contributed by atoms with E-state index in [4.69, 9.17) is 0 Å². The Morgan fingerprint density at radius 1 is 1.12 bits per heavy atom. The van der Waals surface area contributed by atoms with Gasteiger partial charge in [-0.1, -0.05) is 18.2 Å². The average Bonchev–Trinajstić information content (AvgIpc) is 3.32. The number of fused-ring (bicyclic) bond motifs is 1. The van der Waals surface area contributed by atoms with E-state index >= 15 is 0 Å². The lowest BCUT2D eigenvalue weighted by Gasteiger charge is -2.15. The van der Waals surface area contributed by atoms with E-state index in [1.54, 1.807) is 30.1 Å². The fourth-order valence-electron chi connectivity index (χ4n) is 2.62. The highest BCUT2D eigenvalue weighted by molar-refractivity contribution is 7.89. The lowest BCUT2D eigenvalue weighted by atomic mass is 10.1. The molecule has 0 saturated heterocycles. The summed E-state index contributed by atoms with van der Waals surface area (Å²) in [6.45, 7) is 1.79. The van der Waals surface area contributed by atoms with Crippen molar-refractivity contribution in [2.75, 3.05) is 0 Å². The van der Waals surface area contributed by atoms with Gasteiger partial charge in [-0.2, -0.15) is 13.8 Å². The highest BCUT2D eigenvalue weighted by atomic mass is 32.2. The second-order valence-electron chi connectivity index (χ2n) is 5.66. The van der Waals surface area contributed by atoms with Crippen LogP contribution in [-0.2, 0) is 10.0 Å². The summed E-state index contributed by atoms with van der Waals surface area (Å²) in [4.78, 5) is 4.04. The van der Waals surface area contributed by atoms with Crippen LogP contribution < -0.4 is 4.72 Å². The first-order valence-electron chi connectivity index (χ1n) is 7.73. The second kappa shape index (κ2) is 6.56. The third-order valence-corrected chi connectivity index (χ3v) is 6.06. The van der Waals surface area contributed by atoms with Crippen molar-refractivity contribution in [2.24, 2.45) is 0 Å². The van der Waals surface area contributed by atoms with E-state index < -0.39 is 16.1 Å². The van der Waals surface area contributed by atoms with Crippen molar-refractivity contribution >= 4 is 32.8 Å². The van der Waals surface area contributed by atoms with Gasteiger partial charge >= 0.3 is 0 Å². The largest absolute Gasteiger partial charge is 0.243 e. The fourth-order valence-corrected chi connectivity index (χ4v) is 4.62. The summed E-state index contributed by atoms with van der Waals surface area (Å²) in [6, 6.07) is 12.0. The van der Waals surface area contributed by atoms with Crippen molar-refractivity contribution in [1.82, 2.24) is 28.2 Å². The Morgan fingerprint density at radius 3 is 2.65 bits per heavy atom. The van der Waals surface area contributed by atoms with Crippen molar-refractivity contribution in [2.45, 2.75) is 17.9 Å². The van der Waals surface area contributed by atoms with Crippen LogP contribution in [0.15, 0.2) is 60.0 Å². The van der Waals surface area contributed by atoms with Crippen LogP contribution in [0.4, 0.5) is 0 Å². The first kappa shape index (κ1) is 16.8. The van der Waals surface area contributed by atoms with E-state index in [0.717, 1.165) is 23.0 Å². The van der Waals surface area contributed by atoms with Gasteiger partial charge in [-0.3, -0.25) is 0 Å². The molecule has 0 spiro atoms. The predicted octanol–water partition coefficient (Wildman–Crippen LogP) is 2.31. The van der Waals surface area contributed by atoms with Crippen LogP contribution >= 0.6 is 11.7 Å². The minimum Gasteiger partial charge on any atom is -0.223 e. The maximum Gasteiger partial charge on any atom is 0.243 e. The number of benzene rings is 2. The molecule has 10 heteroatoms. The first-order chi connectivity index (χ1) is 12.5. The summed E-state index contributed by atoms with van der Waals surface area (Å²) in [6.07, 6.45) is 3.06. The van der Waals surface area contributed by atoms with Gasteiger partial charge in [-0.15, -0.1) is 0 Å². The summed E-state index contributed by atoms with van der Waals surface area (Å²) in [5, 5.41) is 4.07. The summed E-state index contributed by atoms with van der Waals surface area (Å²) in [5.41, 5.74) is 2.64. The van der Waals surface area contributed by atoms with Crippen LogP contribution in [0.2, 0.25) is 0 Å². The van der Waals surface area contributed by atoms with E-state index in [1.165, 1.54) is 12.4 Å². The SMILES string of the molecule is C[C@H](NS(=O)(=O)c1cccc2nsnc12)c1ccc(-n2cncn2)cc1. The number of rotatable bonds is 5. The molecule has 0 aliphatic heterocycles. The zero-order chi connectivity index (χ0) is 18.1. The smallest absolute Gasteiger partial charge is 0.223 e. The average molecular weight is 386 g/mol. The Bertz CT molecular complexity index is 1140. The highest BCUT2D eigenvalue weighted by Crippen LogP contribution is 2.23. The van der Waals surface area contributed by atoms with Crippen LogP contribution in [0.3, 0.4) is 0 Å². The van der Waals surface area contributed by atoms with Gasteiger partial charge in [0.05, 0.1) is 17.4 Å². The van der Waals surface area contributed by atoms with Crippen LogP contribution in [0.25, 0.3) is 16.7 Å². The van der Waals surface area contributed by atoms with Gasteiger partial charge in [0.15, 0.2) is 0 Å². The van der Waals surface area contributed by atoms with Crippen molar-refractivity contribution < 1.29 is 8.42 Å². The Balaban J connectivity index is 1.59. The number of nitrogens with one attached hydrogen (secondary N) is 1. The van der Waals surface area contributed by atoms with Crippen LogP contribution in [0.5, 0.6) is 0 Å². The molecule has 2 aromatic carbocycles. The zero-order valence-electron chi connectivity index (χ0n) is 13.6. The van der Waals surface area contributed by atoms with Crippen LogP contribution in [0.1, 0.15) is 18.5 Å². The lowest BCUT2D eigenvalue weighted by Crippen LogP contribution is -2.27. The maximum atomic E-state index is 12.8. The number of hydrogen-bond donors (Lipinski definition) is 1. The molecule has 8 nitrogen and oxygen atoms in total. The van der Waals surface area contributed by atoms with Crippen molar-refractivity contribution in [3.63, 3.8) is 0 Å². The van der Waals surface area contributed by atoms with Gasteiger partial charge < -0.3 is 0 Å². The van der Waals surface area contributed by atoms with Gasteiger partial charge in [0.1, 0.15) is 28.6 Å². The quantitative estimate of drug-likeness (QED) is 0.565. The molecule has 0 aliphatic rings. The molecule has 2 aromatic heterocycles. The summed E-state index contributed by atoms with van der Waals surface area (Å²) >= 11 is 0.993. The molecule has 0 unspecified atom stereocenters. The Labute approximate surface area is 153 Å². The van der Waals surface area contributed by atoms with Gasteiger partial charge in [0, 0.05) is 6.04 Å². The second-order valence-corrected chi connectivity index (χ2v) is 7.87. The molecule has 4 rings (SSSR count). The van der Waals surface area contributed by atoms with E-state index in [2.05, 4.69) is 23.6 Å². The van der Waals surface area contributed by atoms with Crippen molar-refractivity contribution in [1.29, 1.82) is 0 Å². The third kappa shape index (κ3) is 3.09. The first-order valence-corrected chi connectivity index (χ1v) is 9.94. The molecule has 26 heavy (non-hydrogen) atoms. The standard InChI is InChI=1S/C16H14N6O2S2/c1-11(12-5-7-13(8-6-12)22-10-17-9-18-22)21-26(23,24)15-4-2-3-14-16(15)20-25-19-14/h2-11,21H,1H3/t11-/m0/s1. The van der Waals surface area contributed by atoms with Gasteiger partial charge in [-0.25, -0.2) is 22.8 Å². The predicted molar refractivity (Wildman–Crippen MR) is 97.5 cm³/mol. The summed E-state index contributed by atoms with van der Waals surface area (Å²) in [7, 11) is -3.73. The highest BCUT2D eigenvalue weighted by Gasteiger charge is 2.22. The summed E-state index contributed by atoms with van der Waals surface area (Å²) < 4.78 is 38.1. The molecule has 1 atom stereocenters. The Morgan fingerprint density at radius 2 is 1.92 bits per heavy atom. The van der Waals surface area contributed by atoms with Crippen LogP contribution in [0, 0.1) is 0 Å². The monoisotopic (exact) mass is 386 g/mol. The van der Waals surface area contributed by atoms with E-state index in [1.807, 2.05) is 24.3 Å². The minimum atomic E-state index is -3.73. The Hall–Kier alpha value is -2.69. The molecule has 0 aliphatic carbocycles. The Kier molecular flexibility index (Phi) is 4.23. The topological polar surface area (TPSA) is 103 Å². The molecule has 0 fully saturated rings. The zero-order valence-corrected chi connectivity index (χ0v) is 15.3. The summed E-state index contributed by atoms with van der Waals surface area (Å²) in [5.74, 6) is 0. The lowest BCUT2D eigenvalue weighted by molar-refractivity contribution is 0.567. The van der Waals surface area contributed by atoms with Crippen molar-refractivity contribution in [3.8, 4) is 5.69 Å². The molecule has 4 aromatic rings. The van der Waals surface area contributed by atoms with Gasteiger partial charge in [0.25, 0.3) is 0 Å². The van der Waals surface area contributed by atoms with E-state index in [-0.39, 0.29) is 4.90 Å². The number of aromatic nitrogens is 5. The number of nitrogens with zero attached hydrogens (tertiary/aromatic N) is 5. The molecule has 0 bridgehead atoms. The van der Waals surface area contributed by atoms with E-state index in [9.17, 15) is 8.42 Å². The molecule has 0 amide bonds. The number of hydrogen-bond acceptors (Lipinski definition) is 7. The van der Waals surface area contributed by atoms with Crippen LogP contribution in [-0.4, -0.2) is 31.9 Å². The molecular formula is C16H14N6O2S2. The molecule has 1 N–H and O–H groups in total. The fraction of sp³-hybridized carbons (Fsp3) is 0.125. The van der Waals surface area contributed by atoms with Crippen molar-refractivity contribution in [3.05, 3.63) is 60.7 Å². The molecule has 2 heterocycles. The molecular weight excluding hydrogens is 372 g/mol. The normalized spacial score (nSPS) is 13.1. The van der Waals surface area contributed by atoms with Gasteiger partial charge in [0.2, 0.25) is 10.0 Å². The third-order valence-electron chi connectivity index (χ3n) is 3.95.